The summed E-state index contributed by atoms with van der Waals surface area (Å²) >= 11 is 1.72. The molecule has 1 fully saturated rings. The fourth-order valence-electron chi connectivity index (χ4n) is 3.40. The van der Waals surface area contributed by atoms with E-state index in [1.54, 1.807) is 30.5 Å². The van der Waals surface area contributed by atoms with Gasteiger partial charge in [0.05, 0.1) is 19.3 Å². The van der Waals surface area contributed by atoms with E-state index in [0.29, 0.717) is 25.7 Å². The molecule has 0 saturated carbocycles. The highest BCUT2D eigenvalue weighted by Gasteiger charge is 2.23. The van der Waals surface area contributed by atoms with Crippen LogP contribution in [0.15, 0.2) is 46.1 Å². The highest BCUT2D eigenvalue weighted by molar-refractivity contribution is 14.0. The molecule has 29 heavy (non-hydrogen) atoms. The number of hydrogen-bond donors (Lipinski definition) is 2. The van der Waals surface area contributed by atoms with E-state index in [1.165, 1.54) is 11.6 Å². The summed E-state index contributed by atoms with van der Waals surface area (Å²) in [5.74, 6) is 0.961. The number of nitrogens with one attached hydrogen (secondary N) is 2. The molecule has 0 aliphatic carbocycles. The van der Waals surface area contributed by atoms with E-state index in [-0.39, 0.29) is 35.8 Å². The van der Waals surface area contributed by atoms with E-state index in [2.05, 4.69) is 44.3 Å². The summed E-state index contributed by atoms with van der Waals surface area (Å²) < 4.78 is 19.3. The van der Waals surface area contributed by atoms with E-state index >= 15 is 0 Å². The first kappa shape index (κ1) is 24.0. The van der Waals surface area contributed by atoms with Crippen molar-refractivity contribution >= 4 is 41.3 Å². The fourth-order valence-corrected chi connectivity index (χ4v) is 4.18. The van der Waals surface area contributed by atoms with Crippen molar-refractivity contribution in [2.45, 2.75) is 18.9 Å². The Morgan fingerprint density at radius 1 is 1.21 bits per heavy atom. The third-order valence-corrected chi connectivity index (χ3v) is 5.80. The van der Waals surface area contributed by atoms with Gasteiger partial charge in [-0.2, -0.15) is 11.3 Å². The number of morpholine rings is 1. The average Bonchev–Trinajstić information content (AvgIpc) is 3.26. The number of nitrogens with zero attached hydrogens (tertiary/aromatic N) is 2. The van der Waals surface area contributed by atoms with Crippen LogP contribution in [0.4, 0.5) is 4.39 Å². The first-order valence-corrected chi connectivity index (χ1v) is 10.7. The fraction of sp³-hybridized carbons (Fsp3) is 0.476. The minimum absolute atomic E-state index is 0. The number of aliphatic imine (C=N–C) groups is 1. The number of rotatable bonds is 7. The molecular weight excluding hydrogens is 502 g/mol. The first-order chi connectivity index (χ1) is 13.7. The standard InChI is InChI=1S/C21H29FN4OS.HI/c1-16(18-6-11-28-15-18)13-24-21(23-2)25-14-20(26-7-9-27-10-8-26)17-4-3-5-19(22)12-17;/h3-6,11-12,15-16,20H,7-10,13-14H2,1-2H3,(H2,23,24,25);1H. The summed E-state index contributed by atoms with van der Waals surface area (Å²) in [7, 11) is 1.77. The highest BCUT2D eigenvalue weighted by Crippen LogP contribution is 2.22. The maximum absolute atomic E-state index is 13.8. The average molecular weight is 532 g/mol. The van der Waals surface area contributed by atoms with Crippen molar-refractivity contribution < 1.29 is 9.13 Å². The van der Waals surface area contributed by atoms with Crippen molar-refractivity contribution in [1.29, 1.82) is 0 Å². The molecule has 0 bridgehead atoms. The van der Waals surface area contributed by atoms with E-state index in [9.17, 15) is 4.39 Å². The molecule has 0 radical (unpaired) electrons. The lowest BCUT2D eigenvalue weighted by atomic mass is 10.0. The van der Waals surface area contributed by atoms with Crippen molar-refractivity contribution in [2.75, 3.05) is 46.4 Å². The smallest absolute Gasteiger partial charge is 0.191 e. The molecule has 1 aromatic heterocycles. The minimum Gasteiger partial charge on any atom is -0.379 e. The first-order valence-electron chi connectivity index (χ1n) is 9.71. The van der Waals surface area contributed by atoms with Crippen LogP contribution in [0, 0.1) is 5.82 Å². The Balaban J connectivity index is 0.00000300. The lowest BCUT2D eigenvalue weighted by Gasteiger charge is -2.35. The molecule has 8 heteroatoms. The van der Waals surface area contributed by atoms with Crippen LogP contribution < -0.4 is 10.6 Å². The van der Waals surface area contributed by atoms with Crippen molar-refractivity contribution in [3.05, 3.63) is 58.0 Å². The molecule has 1 saturated heterocycles. The van der Waals surface area contributed by atoms with Crippen molar-refractivity contribution in [3.8, 4) is 0 Å². The van der Waals surface area contributed by atoms with Crippen LogP contribution in [-0.2, 0) is 4.74 Å². The van der Waals surface area contributed by atoms with Gasteiger partial charge in [-0.15, -0.1) is 24.0 Å². The topological polar surface area (TPSA) is 48.9 Å². The van der Waals surface area contributed by atoms with Crippen LogP contribution in [0.1, 0.15) is 30.0 Å². The maximum Gasteiger partial charge on any atom is 0.191 e. The molecule has 2 atom stereocenters. The Bertz CT molecular complexity index is 753. The maximum atomic E-state index is 13.8. The quantitative estimate of drug-likeness (QED) is 0.323. The van der Waals surface area contributed by atoms with Gasteiger partial charge in [-0.1, -0.05) is 19.1 Å². The Kier molecular flexibility index (Phi) is 10.3. The van der Waals surface area contributed by atoms with E-state index in [0.717, 1.165) is 31.2 Å². The molecular formula is C21H30FIN4OS. The zero-order chi connectivity index (χ0) is 19.8. The number of thiophene rings is 1. The van der Waals surface area contributed by atoms with Gasteiger partial charge in [-0.05, 0) is 46.0 Å². The predicted molar refractivity (Wildman–Crippen MR) is 129 cm³/mol. The van der Waals surface area contributed by atoms with Crippen molar-refractivity contribution in [1.82, 2.24) is 15.5 Å². The van der Waals surface area contributed by atoms with E-state index < -0.39 is 0 Å². The molecule has 5 nitrogen and oxygen atoms in total. The summed E-state index contributed by atoms with van der Waals surface area (Å²) in [6, 6.07) is 9.09. The van der Waals surface area contributed by atoms with Gasteiger partial charge in [-0.3, -0.25) is 9.89 Å². The van der Waals surface area contributed by atoms with Gasteiger partial charge in [-0.25, -0.2) is 4.39 Å². The van der Waals surface area contributed by atoms with Crippen molar-refractivity contribution in [2.24, 2.45) is 4.99 Å². The molecule has 2 aromatic rings. The number of benzene rings is 1. The second kappa shape index (κ2) is 12.5. The SMILES string of the molecule is CN=C(NCC(C)c1ccsc1)NCC(c1cccc(F)c1)N1CCOCC1.I. The molecule has 3 rings (SSSR count). The molecule has 1 aromatic carbocycles. The molecule has 160 valence electrons. The molecule has 0 spiro atoms. The van der Waals surface area contributed by atoms with Crippen LogP contribution in [0.2, 0.25) is 0 Å². The van der Waals surface area contributed by atoms with Crippen LogP contribution in [0.3, 0.4) is 0 Å². The van der Waals surface area contributed by atoms with Crippen LogP contribution in [0.5, 0.6) is 0 Å². The Morgan fingerprint density at radius 2 is 1.97 bits per heavy atom. The van der Waals surface area contributed by atoms with Gasteiger partial charge in [0.15, 0.2) is 5.96 Å². The summed E-state index contributed by atoms with van der Waals surface area (Å²) in [6.07, 6.45) is 0. The Labute approximate surface area is 193 Å². The third kappa shape index (κ3) is 7.20. The van der Waals surface area contributed by atoms with Gasteiger partial charge < -0.3 is 15.4 Å². The molecule has 1 aliphatic heterocycles. The zero-order valence-corrected chi connectivity index (χ0v) is 20.1. The molecule has 1 aliphatic rings. The van der Waals surface area contributed by atoms with Gasteiger partial charge in [0.2, 0.25) is 0 Å². The molecule has 2 N–H and O–H groups in total. The van der Waals surface area contributed by atoms with E-state index in [4.69, 9.17) is 4.74 Å². The monoisotopic (exact) mass is 532 g/mol. The number of halogens is 2. The second-order valence-electron chi connectivity index (χ2n) is 7.01. The van der Waals surface area contributed by atoms with Crippen molar-refractivity contribution in [3.63, 3.8) is 0 Å². The number of guanidine groups is 1. The van der Waals surface area contributed by atoms with Gasteiger partial charge in [0, 0.05) is 33.2 Å². The summed E-state index contributed by atoms with van der Waals surface area (Å²) in [6.45, 7) is 6.74. The summed E-state index contributed by atoms with van der Waals surface area (Å²) in [5, 5.41) is 11.1. The molecule has 2 heterocycles. The number of hydrogen-bond acceptors (Lipinski definition) is 4. The largest absolute Gasteiger partial charge is 0.379 e. The Hall–Kier alpha value is -1.23. The van der Waals surface area contributed by atoms with Gasteiger partial charge in [0.1, 0.15) is 5.82 Å². The number of ether oxygens (including phenoxy) is 1. The van der Waals surface area contributed by atoms with E-state index in [1.807, 2.05) is 6.07 Å². The lowest BCUT2D eigenvalue weighted by Crippen LogP contribution is -2.46. The predicted octanol–water partition coefficient (Wildman–Crippen LogP) is 3.85. The summed E-state index contributed by atoms with van der Waals surface area (Å²) in [4.78, 5) is 6.69. The molecule has 2 unspecified atom stereocenters. The molecule has 0 amide bonds. The minimum atomic E-state index is -0.206. The van der Waals surface area contributed by atoms with Gasteiger partial charge >= 0.3 is 0 Å². The Morgan fingerprint density at radius 3 is 2.62 bits per heavy atom. The summed E-state index contributed by atoms with van der Waals surface area (Å²) in [5.41, 5.74) is 2.30. The lowest BCUT2D eigenvalue weighted by molar-refractivity contribution is 0.0169. The third-order valence-electron chi connectivity index (χ3n) is 5.09. The zero-order valence-electron chi connectivity index (χ0n) is 16.9. The van der Waals surface area contributed by atoms with Crippen LogP contribution in [0.25, 0.3) is 0 Å². The highest BCUT2D eigenvalue weighted by atomic mass is 127. The second-order valence-corrected chi connectivity index (χ2v) is 7.79. The van der Waals surface area contributed by atoms with Crippen LogP contribution >= 0.6 is 35.3 Å². The van der Waals surface area contributed by atoms with Gasteiger partial charge in [0.25, 0.3) is 0 Å². The van der Waals surface area contributed by atoms with Crippen LogP contribution in [-0.4, -0.2) is 57.3 Å². The normalized spacial score (nSPS) is 17.3.